The van der Waals surface area contributed by atoms with E-state index in [2.05, 4.69) is 18.0 Å². The molecule has 2 heterocycles. The molecule has 0 aliphatic rings. The Labute approximate surface area is 98.7 Å². The van der Waals surface area contributed by atoms with Gasteiger partial charge in [-0.25, -0.2) is 4.98 Å². The maximum atomic E-state index is 11.5. The number of fused-ring (bicyclic) bond motifs is 3. The van der Waals surface area contributed by atoms with Gasteiger partial charge in [0.05, 0.1) is 6.20 Å². The van der Waals surface area contributed by atoms with Crippen molar-refractivity contribution in [2.45, 2.75) is 13.8 Å². The number of carbonyl (C=O) groups is 1. The topological polar surface area (TPSA) is 34.4 Å². The number of Topliss-reactive ketones (excluding diaryl/α,β-unsaturated/α-hetero) is 1. The lowest BCUT2D eigenvalue weighted by Gasteiger charge is -2.04. The first-order valence-corrected chi connectivity index (χ1v) is 5.55. The van der Waals surface area contributed by atoms with Gasteiger partial charge in [-0.15, -0.1) is 0 Å². The second-order valence-electron chi connectivity index (χ2n) is 4.25. The van der Waals surface area contributed by atoms with Gasteiger partial charge in [-0.3, -0.25) is 9.20 Å². The molecule has 17 heavy (non-hydrogen) atoms. The molecule has 1 aromatic carbocycles. The first-order valence-electron chi connectivity index (χ1n) is 5.55. The van der Waals surface area contributed by atoms with Gasteiger partial charge in [0.1, 0.15) is 11.3 Å². The van der Waals surface area contributed by atoms with E-state index in [0.717, 1.165) is 11.0 Å². The SMILES string of the molecule is CC(=O)c1cnc2c3cccc(C)c3ccn12. The van der Waals surface area contributed by atoms with E-state index in [1.54, 1.807) is 13.1 Å². The van der Waals surface area contributed by atoms with Crippen LogP contribution in [0.25, 0.3) is 16.4 Å². The van der Waals surface area contributed by atoms with Crippen molar-refractivity contribution in [2.75, 3.05) is 0 Å². The molecule has 3 aromatic rings. The maximum Gasteiger partial charge on any atom is 0.178 e. The van der Waals surface area contributed by atoms with Crippen LogP contribution in [0.1, 0.15) is 23.0 Å². The molecule has 0 bridgehead atoms. The van der Waals surface area contributed by atoms with Crippen molar-refractivity contribution >= 4 is 22.2 Å². The van der Waals surface area contributed by atoms with Crippen LogP contribution in [0, 0.1) is 6.92 Å². The number of nitrogens with zero attached hydrogens (tertiary/aromatic N) is 2. The molecule has 0 N–H and O–H groups in total. The molecule has 0 saturated carbocycles. The third-order valence-corrected chi connectivity index (χ3v) is 3.11. The minimum absolute atomic E-state index is 0.0319. The molecular formula is C14H12N2O. The van der Waals surface area contributed by atoms with Gasteiger partial charge in [0, 0.05) is 18.5 Å². The predicted octanol–water partition coefficient (Wildman–Crippen LogP) is 3.00. The van der Waals surface area contributed by atoms with Crippen molar-refractivity contribution in [1.82, 2.24) is 9.38 Å². The van der Waals surface area contributed by atoms with Gasteiger partial charge in [-0.2, -0.15) is 0 Å². The Morgan fingerprint density at radius 2 is 2.06 bits per heavy atom. The number of benzene rings is 1. The zero-order chi connectivity index (χ0) is 12.0. The number of ketones is 1. The number of hydrogen-bond donors (Lipinski definition) is 0. The Kier molecular flexibility index (Phi) is 2.01. The molecule has 2 aromatic heterocycles. The minimum Gasteiger partial charge on any atom is -0.297 e. The van der Waals surface area contributed by atoms with E-state index >= 15 is 0 Å². The molecule has 3 rings (SSSR count). The van der Waals surface area contributed by atoms with E-state index in [9.17, 15) is 4.79 Å². The van der Waals surface area contributed by atoms with Crippen LogP contribution in [0.2, 0.25) is 0 Å². The Morgan fingerprint density at radius 3 is 2.82 bits per heavy atom. The average Bonchev–Trinajstić information content (AvgIpc) is 2.73. The number of aryl methyl sites for hydroxylation is 1. The molecule has 0 atom stereocenters. The Hall–Kier alpha value is -2.16. The summed E-state index contributed by atoms with van der Waals surface area (Å²) in [6.45, 7) is 3.64. The van der Waals surface area contributed by atoms with Gasteiger partial charge in [-0.1, -0.05) is 18.2 Å². The zero-order valence-electron chi connectivity index (χ0n) is 9.77. The summed E-state index contributed by atoms with van der Waals surface area (Å²) in [5.41, 5.74) is 2.69. The normalized spacial score (nSPS) is 11.2. The lowest BCUT2D eigenvalue weighted by Crippen LogP contribution is -1.98. The number of rotatable bonds is 1. The zero-order valence-corrected chi connectivity index (χ0v) is 9.77. The van der Waals surface area contributed by atoms with Crippen LogP contribution in [0.3, 0.4) is 0 Å². The fraction of sp³-hybridized carbons (Fsp3) is 0.143. The van der Waals surface area contributed by atoms with E-state index in [-0.39, 0.29) is 5.78 Å². The third kappa shape index (κ3) is 1.35. The van der Waals surface area contributed by atoms with E-state index < -0.39 is 0 Å². The molecule has 0 unspecified atom stereocenters. The highest BCUT2D eigenvalue weighted by Crippen LogP contribution is 2.23. The van der Waals surface area contributed by atoms with Gasteiger partial charge in [0.2, 0.25) is 0 Å². The summed E-state index contributed by atoms with van der Waals surface area (Å²) in [6.07, 6.45) is 3.55. The summed E-state index contributed by atoms with van der Waals surface area (Å²) in [5, 5.41) is 2.26. The summed E-state index contributed by atoms with van der Waals surface area (Å²) in [6, 6.07) is 8.16. The van der Waals surface area contributed by atoms with Crippen molar-refractivity contribution in [3.8, 4) is 0 Å². The number of pyridine rings is 1. The van der Waals surface area contributed by atoms with Crippen LogP contribution in [0.15, 0.2) is 36.7 Å². The quantitative estimate of drug-likeness (QED) is 0.595. The van der Waals surface area contributed by atoms with Crippen molar-refractivity contribution in [2.24, 2.45) is 0 Å². The smallest absolute Gasteiger partial charge is 0.178 e. The minimum atomic E-state index is 0.0319. The predicted molar refractivity (Wildman–Crippen MR) is 67.4 cm³/mol. The summed E-state index contributed by atoms with van der Waals surface area (Å²) in [7, 11) is 0. The fourth-order valence-corrected chi connectivity index (χ4v) is 2.22. The highest BCUT2D eigenvalue weighted by Gasteiger charge is 2.10. The molecular weight excluding hydrogens is 212 g/mol. The van der Waals surface area contributed by atoms with Gasteiger partial charge in [0.15, 0.2) is 5.78 Å². The monoisotopic (exact) mass is 224 g/mol. The van der Waals surface area contributed by atoms with Crippen LogP contribution in [-0.2, 0) is 0 Å². The van der Waals surface area contributed by atoms with E-state index in [0.29, 0.717) is 5.69 Å². The second kappa shape index (κ2) is 3.42. The molecule has 84 valence electrons. The lowest BCUT2D eigenvalue weighted by atomic mass is 10.1. The number of imidazole rings is 1. The Balaban J connectivity index is 2.50. The molecule has 0 spiro atoms. The molecule has 0 radical (unpaired) electrons. The largest absolute Gasteiger partial charge is 0.297 e. The maximum absolute atomic E-state index is 11.5. The molecule has 0 amide bonds. The summed E-state index contributed by atoms with van der Waals surface area (Å²) >= 11 is 0. The molecule has 3 nitrogen and oxygen atoms in total. The van der Waals surface area contributed by atoms with E-state index in [4.69, 9.17) is 0 Å². The second-order valence-corrected chi connectivity index (χ2v) is 4.25. The van der Waals surface area contributed by atoms with E-state index in [1.807, 2.05) is 28.8 Å². The van der Waals surface area contributed by atoms with Gasteiger partial charge in [0.25, 0.3) is 0 Å². The molecule has 3 heteroatoms. The van der Waals surface area contributed by atoms with Gasteiger partial charge >= 0.3 is 0 Å². The fourth-order valence-electron chi connectivity index (χ4n) is 2.22. The third-order valence-electron chi connectivity index (χ3n) is 3.11. The molecule has 0 fully saturated rings. The van der Waals surface area contributed by atoms with Gasteiger partial charge in [-0.05, 0) is 23.9 Å². The summed E-state index contributed by atoms with van der Waals surface area (Å²) in [4.78, 5) is 15.8. The summed E-state index contributed by atoms with van der Waals surface area (Å²) in [5.74, 6) is 0.0319. The van der Waals surface area contributed by atoms with Crippen LogP contribution in [0.5, 0.6) is 0 Å². The Morgan fingerprint density at radius 1 is 1.24 bits per heavy atom. The standard InChI is InChI=1S/C14H12N2O/c1-9-4-3-5-12-11(9)6-7-16-13(10(2)17)8-15-14(12)16/h3-8H,1-2H3. The molecule has 0 saturated heterocycles. The van der Waals surface area contributed by atoms with Crippen molar-refractivity contribution in [1.29, 1.82) is 0 Å². The molecule has 0 aliphatic carbocycles. The number of hydrogen-bond acceptors (Lipinski definition) is 2. The highest BCUT2D eigenvalue weighted by molar-refractivity contribution is 5.99. The first kappa shape index (κ1) is 10.0. The van der Waals surface area contributed by atoms with Crippen LogP contribution >= 0.6 is 0 Å². The van der Waals surface area contributed by atoms with Gasteiger partial charge < -0.3 is 0 Å². The van der Waals surface area contributed by atoms with Crippen LogP contribution in [-0.4, -0.2) is 15.2 Å². The molecule has 0 aliphatic heterocycles. The van der Waals surface area contributed by atoms with Crippen molar-refractivity contribution in [3.05, 3.63) is 47.9 Å². The summed E-state index contributed by atoms with van der Waals surface area (Å²) < 4.78 is 1.85. The van der Waals surface area contributed by atoms with Crippen molar-refractivity contribution < 1.29 is 4.79 Å². The highest BCUT2D eigenvalue weighted by atomic mass is 16.1. The van der Waals surface area contributed by atoms with Crippen molar-refractivity contribution in [3.63, 3.8) is 0 Å². The Bertz CT molecular complexity index is 740. The average molecular weight is 224 g/mol. The lowest BCUT2D eigenvalue weighted by molar-refractivity contribution is 0.101. The number of carbonyl (C=O) groups excluding carboxylic acids is 1. The van der Waals surface area contributed by atoms with E-state index in [1.165, 1.54) is 10.9 Å². The van der Waals surface area contributed by atoms with Crippen LogP contribution in [0.4, 0.5) is 0 Å². The number of aromatic nitrogens is 2. The van der Waals surface area contributed by atoms with Crippen LogP contribution < -0.4 is 0 Å². The first-order chi connectivity index (χ1) is 8.18.